The lowest BCUT2D eigenvalue weighted by molar-refractivity contribution is 0.0398. The smallest absolute Gasteiger partial charge is 0.0332 e. The van der Waals surface area contributed by atoms with Crippen LogP contribution in [0, 0.1) is 0 Å². The Morgan fingerprint density at radius 1 is 1.41 bits per heavy atom. The highest BCUT2D eigenvalue weighted by atomic mass is 79.9. The summed E-state index contributed by atoms with van der Waals surface area (Å²) in [6.45, 7) is 1.76. The molecule has 1 aliphatic rings. The number of rotatable bonds is 4. The van der Waals surface area contributed by atoms with E-state index in [9.17, 15) is 0 Å². The van der Waals surface area contributed by atoms with E-state index in [-0.39, 0.29) is 17.9 Å². The van der Waals surface area contributed by atoms with Crippen molar-refractivity contribution in [2.75, 3.05) is 13.6 Å². The molecule has 0 radical (unpaired) electrons. The minimum Gasteiger partial charge on any atom is -0.329 e. The van der Waals surface area contributed by atoms with Crippen LogP contribution in [-0.2, 0) is 6.54 Å². The molecule has 2 nitrogen and oxygen atoms in total. The van der Waals surface area contributed by atoms with Gasteiger partial charge in [0.05, 0.1) is 0 Å². The van der Waals surface area contributed by atoms with Gasteiger partial charge in [-0.2, -0.15) is 0 Å². The average molecular weight is 320 g/mol. The molecule has 96 valence electrons. The zero-order valence-corrected chi connectivity index (χ0v) is 12.6. The van der Waals surface area contributed by atoms with Gasteiger partial charge < -0.3 is 5.73 Å². The van der Waals surface area contributed by atoms with Crippen LogP contribution in [0.15, 0.2) is 28.7 Å². The van der Waals surface area contributed by atoms with Crippen LogP contribution in [0.5, 0.6) is 0 Å². The van der Waals surface area contributed by atoms with Crippen molar-refractivity contribution < 1.29 is 0 Å². The first-order valence-corrected chi connectivity index (χ1v) is 6.61. The second kappa shape index (κ2) is 6.19. The Kier molecular flexibility index (Phi) is 5.45. The second-order valence-electron chi connectivity index (χ2n) is 4.77. The fourth-order valence-electron chi connectivity index (χ4n) is 2.40. The highest BCUT2D eigenvalue weighted by Gasteiger charge is 2.39. The number of nitrogens with zero attached hydrogens (tertiary/aromatic N) is 1. The third-order valence-electron chi connectivity index (χ3n) is 3.78. The van der Waals surface area contributed by atoms with Gasteiger partial charge in [-0.1, -0.05) is 28.1 Å². The van der Waals surface area contributed by atoms with Crippen LogP contribution in [0.3, 0.4) is 0 Å². The molecule has 2 N–H and O–H groups in total. The van der Waals surface area contributed by atoms with E-state index in [1.165, 1.54) is 24.8 Å². The number of nitrogens with two attached hydrogens (primary N) is 1. The standard InChI is InChI=1S/C13H19BrN2.ClH/c1-16(13(10-15)6-3-7-13)9-11-4-2-5-12(14)8-11;/h2,4-5,8H,3,6-7,9-10,15H2,1H3;1H. The van der Waals surface area contributed by atoms with E-state index in [0.29, 0.717) is 0 Å². The fraction of sp³-hybridized carbons (Fsp3) is 0.538. The summed E-state index contributed by atoms with van der Waals surface area (Å²) in [4.78, 5) is 2.41. The first kappa shape index (κ1) is 15.0. The predicted octanol–water partition coefficient (Wildman–Crippen LogP) is 3.18. The zero-order valence-electron chi connectivity index (χ0n) is 10.2. The zero-order chi connectivity index (χ0) is 11.6. The van der Waals surface area contributed by atoms with Gasteiger partial charge in [-0.15, -0.1) is 12.4 Å². The molecular formula is C13H20BrClN2. The first-order valence-electron chi connectivity index (χ1n) is 5.82. The summed E-state index contributed by atoms with van der Waals surface area (Å²) in [7, 11) is 2.19. The van der Waals surface area contributed by atoms with Crippen molar-refractivity contribution in [1.29, 1.82) is 0 Å². The van der Waals surface area contributed by atoms with Crippen molar-refractivity contribution in [3.63, 3.8) is 0 Å². The molecule has 1 aliphatic carbocycles. The number of halogens is 2. The molecule has 1 aromatic carbocycles. The van der Waals surface area contributed by atoms with Gasteiger partial charge in [0.25, 0.3) is 0 Å². The van der Waals surface area contributed by atoms with Gasteiger partial charge in [0.2, 0.25) is 0 Å². The van der Waals surface area contributed by atoms with Crippen molar-refractivity contribution in [2.45, 2.75) is 31.3 Å². The molecule has 2 rings (SSSR count). The molecule has 1 saturated carbocycles. The van der Waals surface area contributed by atoms with Gasteiger partial charge in [0.1, 0.15) is 0 Å². The lowest BCUT2D eigenvalue weighted by Crippen LogP contribution is -2.56. The summed E-state index contributed by atoms with van der Waals surface area (Å²) in [6, 6.07) is 8.50. The fourth-order valence-corrected chi connectivity index (χ4v) is 2.85. The van der Waals surface area contributed by atoms with Crippen LogP contribution in [0.1, 0.15) is 24.8 Å². The minimum absolute atomic E-state index is 0. The summed E-state index contributed by atoms with van der Waals surface area (Å²) in [5, 5.41) is 0. The highest BCUT2D eigenvalue weighted by Crippen LogP contribution is 2.36. The van der Waals surface area contributed by atoms with Crippen LogP contribution >= 0.6 is 28.3 Å². The summed E-state index contributed by atoms with van der Waals surface area (Å²) in [5.41, 5.74) is 7.51. The number of hydrogen-bond acceptors (Lipinski definition) is 2. The van der Waals surface area contributed by atoms with E-state index in [1.807, 2.05) is 0 Å². The molecule has 0 atom stereocenters. The van der Waals surface area contributed by atoms with Gasteiger partial charge in [-0.25, -0.2) is 0 Å². The molecule has 0 unspecified atom stereocenters. The van der Waals surface area contributed by atoms with Gasteiger partial charge in [0, 0.05) is 23.1 Å². The molecule has 17 heavy (non-hydrogen) atoms. The molecular weight excluding hydrogens is 300 g/mol. The second-order valence-corrected chi connectivity index (χ2v) is 5.68. The van der Waals surface area contributed by atoms with E-state index in [4.69, 9.17) is 5.73 Å². The molecule has 0 aromatic heterocycles. The average Bonchev–Trinajstić information content (AvgIpc) is 2.16. The maximum Gasteiger partial charge on any atom is 0.0332 e. The van der Waals surface area contributed by atoms with Gasteiger partial charge in [-0.3, -0.25) is 4.90 Å². The van der Waals surface area contributed by atoms with Crippen molar-refractivity contribution in [2.24, 2.45) is 5.73 Å². The van der Waals surface area contributed by atoms with Gasteiger partial charge in [0.15, 0.2) is 0 Å². The van der Waals surface area contributed by atoms with Crippen LogP contribution in [0.2, 0.25) is 0 Å². The molecule has 1 fully saturated rings. The lowest BCUT2D eigenvalue weighted by Gasteiger charge is -2.48. The quantitative estimate of drug-likeness (QED) is 0.923. The van der Waals surface area contributed by atoms with E-state index >= 15 is 0 Å². The Morgan fingerprint density at radius 3 is 2.59 bits per heavy atom. The summed E-state index contributed by atoms with van der Waals surface area (Å²) in [5.74, 6) is 0. The number of hydrogen-bond donors (Lipinski definition) is 1. The largest absolute Gasteiger partial charge is 0.329 e. The Labute approximate surface area is 118 Å². The maximum absolute atomic E-state index is 5.90. The van der Waals surface area contributed by atoms with Gasteiger partial charge in [-0.05, 0) is 44.0 Å². The molecule has 1 aromatic rings. The van der Waals surface area contributed by atoms with Crippen LogP contribution in [-0.4, -0.2) is 24.0 Å². The lowest BCUT2D eigenvalue weighted by atomic mass is 9.75. The SMILES string of the molecule is CN(Cc1cccc(Br)c1)C1(CN)CCC1.Cl. The van der Waals surface area contributed by atoms with E-state index < -0.39 is 0 Å². The molecule has 0 saturated heterocycles. The molecule has 4 heteroatoms. The van der Waals surface area contributed by atoms with Crippen molar-refractivity contribution in [3.8, 4) is 0 Å². The van der Waals surface area contributed by atoms with E-state index in [2.05, 4.69) is 52.1 Å². The Hall–Kier alpha value is -0.0900. The monoisotopic (exact) mass is 318 g/mol. The summed E-state index contributed by atoms with van der Waals surface area (Å²) in [6.07, 6.45) is 3.81. The molecule has 0 bridgehead atoms. The molecule has 0 heterocycles. The topological polar surface area (TPSA) is 29.3 Å². The number of benzene rings is 1. The Morgan fingerprint density at radius 2 is 2.12 bits per heavy atom. The van der Waals surface area contributed by atoms with E-state index in [1.54, 1.807) is 0 Å². The Bertz CT molecular complexity index is 361. The van der Waals surface area contributed by atoms with Crippen molar-refractivity contribution in [3.05, 3.63) is 34.3 Å². The maximum atomic E-state index is 5.90. The molecule has 0 amide bonds. The van der Waals surface area contributed by atoms with Gasteiger partial charge >= 0.3 is 0 Å². The van der Waals surface area contributed by atoms with Crippen molar-refractivity contribution in [1.82, 2.24) is 4.90 Å². The normalized spacial score (nSPS) is 17.4. The van der Waals surface area contributed by atoms with Crippen molar-refractivity contribution >= 4 is 28.3 Å². The third-order valence-corrected chi connectivity index (χ3v) is 4.28. The molecule has 0 aliphatic heterocycles. The number of likely N-dealkylation sites (N-methyl/N-ethyl adjacent to an activating group) is 1. The third kappa shape index (κ3) is 3.22. The van der Waals surface area contributed by atoms with Crippen LogP contribution in [0.25, 0.3) is 0 Å². The van der Waals surface area contributed by atoms with E-state index in [0.717, 1.165) is 17.6 Å². The summed E-state index contributed by atoms with van der Waals surface area (Å²) < 4.78 is 1.15. The Balaban J connectivity index is 0.00000144. The summed E-state index contributed by atoms with van der Waals surface area (Å²) >= 11 is 3.51. The molecule has 0 spiro atoms. The minimum atomic E-state index is 0. The van der Waals surface area contributed by atoms with Crippen LogP contribution in [0.4, 0.5) is 0 Å². The first-order chi connectivity index (χ1) is 7.66. The van der Waals surface area contributed by atoms with Crippen LogP contribution < -0.4 is 5.73 Å². The predicted molar refractivity (Wildman–Crippen MR) is 78.5 cm³/mol. The highest BCUT2D eigenvalue weighted by molar-refractivity contribution is 9.10.